The molecule has 2 fully saturated rings. The van der Waals surface area contributed by atoms with Crippen LogP contribution in [0.4, 0.5) is 26.3 Å². The first-order valence-corrected chi connectivity index (χ1v) is 13.6. The van der Waals surface area contributed by atoms with E-state index in [4.69, 9.17) is 0 Å². The summed E-state index contributed by atoms with van der Waals surface area (Å²) in [5.41, 5.74) is 0. The molecule has 4 aliphatic rings. The van der Waals surface area contributed by atoms with E-state index in [0.717, 1.165) is 41.1 Å². The number of hydrogen-bond donors (Lipinski definition) is 0. The SMILES string of the molecule is FC1=CC(C2CCC(C3CCC(I)CC3)CC2)CCC1C1C=C(F)C(OC(F)(F)F)C(F)C1. The van der Waals surface area contributed by atoms with E-state index in [0.29, 0.717) is 12.3 Å². The van der Waals surface area contributed by atoms with Crippen LogP contribution < -0.4 is 0 Å². The highest BCUT2D eigenvalue weighted by molar-refractivity contribution is 14.1. The molecular weight excluding hydrogens is 557 g/mol. The topological polar surface area (TPSA) is 9.23 Å². The Hall–Kier alpha value is -0.250. The van der Waals surface area contributed by atoms with E-state index in [-0.39, 0.29) is 18.2 Å². The molecule has 0 saturated heterocycles. The molecule has 8 heteroatoms. The van der Waals surface area contributed by atoms with Crippen LogP contribution in [0.15, 0.2) is 23.8 Å². The van der Waals surface area contributed by atoms with Crippen LogP contribution >= 0.6 is 22.6 Å². The maximum absolute atomic E-state index is 15.0. The summed E-state index contributed by atoms with van der Waals surface area (Å²) in [7, 11) is 0. The van der Waals surface area contributed by atoms with Crippen molar-refractivity contribution in [3.05, 3.63) is 23.8 Å². The molecule has 4 aliphatic carbocycles. The van der Waals surface area contributed by atoms with Gasteiger partial charge in [0.25, 0.3) is 0 Å². The lowest BCUT2D eigenvalue weighted by atomic mass is 9.66. The lowest BCUT2D eigenvalue weighted by Gasteiger charge is -2.40. The summed E-state index contributed by atoms with van der Waals surface area (Å²) in [4.78, 5) is 0. The molecule has 2 saturated carbocycles. The van der Waals surface area contributed by atoms with Gasteiger partial charge in [-0.05, 0) is 112 Å². The second kappa shape index (κ2) is 10.8. The van der Waals surface area contributed by atoms with Crippen LogP contribution in [0.1, 0.15) is 70.6 Å². The van der Waals surface area contributed by atoms with E-state index in [1.807, 2.05) is 0 Å². The third-order valence-corrected chi connectivity index (χ3v) is 9.82. The maximum Gasteiger partial charge on any atom is 0.523 e. The third kappa shape index (κ3) is 6.50. The number of hydrogen-bond acceptors (Lipinski definition) is 1. The number of halogens is 7. The van der Waals surface area contributed by atoms with Crippen molar-refractivity contribution in [1.29, 1.82) is 0 Å². The molecule has 188 valence electrons. The monoisotopic (exact) mass is 590 g/mol. The molecule has 0 bridgehead atoms. The Bertz CT molecular complexity index is 721. The second-order valence-electron chi connectivity index (χ2n) is 10.5. The van der Waals surface area contributed by atoms with Crippen LogP contribution in [0.2, 0.25) is 0 Å². The first kappa shape index (κ1) is 25.8. The van der Waals surface area contributed by atoms with Crippen molar-refractivity contribution in [2.75, 3.05) is 0 Å². The molecule has 0 aromatic carbocycles. The molecule has 0 spiro atoms. The third-order valence-electron chi connectivity index (χ3n) is 8.58. The predicted octanol–water partition coefficient (Wildman–Crippen LogP) is 8.78. The molecule has 0 amide bonds. The van der Waals surface area contributed by atoms with E-state index in [9.17, 15) is 22.0 Å². The Morgan fingerprint density at radius 3 is 1.82 bits per heavy atom. The van der Waals surface area contributed by atoms with Gasteiger partial charge in [-0.1, -0.05) is 22.6 Å². The fraction of sp³-hybridized carbons (Fsp3) is 0.840. The van der Waals surface area contributed by atoms with Gasteiger partial charge in [0, 0.05) is 9.84 Å². The normalized spacial score (nSPS) is 43.1. The Morgan fingerprint density at radius 1 is 0.727 bits per heavy atom. The van der Waals surface area contributed by atoms with E-state index in [1.54, 1.807) is 6.08 Å². The summed E-state index contributed by atoms with van der Waals surface area (Å²) in [5.74, 6) is -0.874. The molecular formula is C25H33F6IO. The summed E-state index contributed by atoms with van der Waals surface area (Å²) < 4.78 is 85.2. The average Bonchev–Trinajstić information content (AvgIpc) is 2.76. The predicted molar refractivity (Wildman–Crippen MR) is 124 cm³/mol. The largest absolute Gasteiger partial charge is 0.523 e. The summed E-state index contributed by atoms with van der Waals surface area (Å²) in [6, 6.07) is 0. The molecule has 0 aromatic rings. The number of alkyl halides is 5. The van der Waals surface area contributed by atoms with E-state index in [1.165, 1.54) is 38.5 Å². The van der Waals surface area contributed by atoms with Gasteiger partial charge in [-0.15, -0.1) is 13.2 Å². The van der Waals surface area contributed by atoms with Gasteiger partial charge in [0.1, 0.15) is 18.1 Å². The molecule has 5 unspecified atom stereocenters. The number of rotatable bonds is 4. The zero-order valence-electron chi connectivity index (χ0n) is 18.7. The molecule has 33 heavy (non-hydrogen) atoms. The Kier molecular flexibility index (Phi) is 8.45. The maximum atomic E-state index is 15.0. The Balaban J connectivity index is 1.32. The average molecular weight is 590 g/mol. The summed E-state index contributed by atoms with van der Waals surface area (Å²) in [5, 5.41) is 0. The Labute approximate surface area is 205 Å². The number of allylic oxidation sites excluding steroid dienone is 3. The van der Waals surface area contributed by atoms with Gasteiger partial charge in [0.15, 0.2) is 0 Å². The smallest absolute Gasteiger partial charge is 0.278 e. The van der Waals surface area contributed by atoms with Gasteiger partial charge in [-0.25, -0.2) is 13.2 Å². The van der Waals surface area contributed by atoms with Crippen LogP contribution in [0, 0.1) is 35.5 Å². The highest BCUT2D eigenvalue weighted by atomic mass is 127. The first-order chi connectivity index (χ1) is 15.6. The standard InChI is InChI=1S/C25H33F6IO/c26-21-11-17(16-3-1-14(2-4-16)15-5-8-19(32)9-6-15)7-10-20(21)18-12-22(27)24(23(28)13-18)33-25(29,30)31/h11-12,14-20,23-24H,1-10,13H2. The summed E-state index contributed by atoms with van der Waals surface area (Å²) in [6.07, 6.45) is 3.84. The minimum absolute atomic E-state index is 0.146. The molecule has 0 N–H and O–H groups in total. The Morgan fingerprint density at radius 2 is 1.27 bits per heavy atom. The zero-order chi connectivity index (χ0) is 23.8. The van der Waals surface area contributed by atoms with E-state index < -0.39 is 36.3 Å². The highest BCUT2D eigenvalue weighted by Crippen LogP contribution is 2.48. The van der Waals surface area contributed by atoms with E-state index in [2.05, 4.69) is 27.3 Å². The molecule has 0 radical (unpaired) electrons. The summed E-state index contributed by atoms with van der Waals surface area (Å²) in [6.45, 7) is 0. The van der Waals surface area contributed by atoms with Gasteiger partial charge in [0.2, 0.25) is 0 Å². The van der Waals surface area contributed by atoms with Gasteiger partial charge >= 0.3 is 6.36 Å². The molecule has 1 nitrogen and oxygen atoms in total. The van der Waals surface area contributed by atoms with Gasteiger partial charge in [0.05, 0.1) is 5.83 Å². The van der Waals surface area contributed by atoms with E-state index >= 15 is 4.39 Å². The van der Waals surface area contributed by atoms with Crippen LogP contribution in [-0.4, -0.2) is 22.6 Å². The van der Waals surface area contributed by atoms with Crippen molar-refractivity contribution < 1.29 is 31.1 Å². The fourth-order valence-electron chi connectivity index (χ4n) is 6.78. The van der Waals surface area contributed by atoms with Gasteiger partial charge in [-0.3, -0.25) is 4.74 Å². The minimum Gasteiger partial charge on any atom is -0.278 e. The van der Waals surface area contributed by atoms with Crippen LogP contribution in [0.3, 0.4) is 0 Å². The molecule has 5 atom stereocenters. The van der Waals surface area contributed by atoms with Crippen LogP contribution in [0.25, 0.3) is 0 Å². The van der Waals surface area contributed by atoms with Gasteiger partial charge in [-0.2, -0.15) is 0 Å². The van der Waals surface area contributed by atoms with Crippen molar-refractivity contribution >= 4 is 22.6 Å². The highest BCUT2D eigenvalue weighted by Gasteiger charge is 2.45. The van der Waals surface area contributed by atoms with Crippen LogP contribution in [-0.2, 0) is 4.74 Å². The quantitative estimate of drug-likeness (QED) is 0.181. The lowest BCUT2D eigenvalue weighted by molar-refractivity contribution is -0.346. The molecule has 4 rings (SSSR count). The fourth-order valence-corrected chi connectivity index (χ4v) is 7.50. The van der Waals surface area contributed by atoms with Gasteiger partial charge < -0.3 is 0 Å². The number of ether oxygens (including phenoxy) is 1. The second-order valence-corrected chi connectivity index (χ2v) is 12.3. The van der Waals surface area contributed by atoms with Crippen molar-refractivity contribution in [1.82, 2.24) is 0 Å². The van der Waals surface area contributed by atoms with Crippen LogP contribution in [0.5, 0.6) is 0 Å². The molecule has 0 heterocycles. The molecule has 0 aromatic heterocycles. The van der Waals surface area contributed by atoms with Crippen molar-refractivity contribution in [3.63, 3.8) is 0 Å². The van der Waals surface area contributed by atoms with Crippen molar-refractivity contribution in [2.45, 2.75) is 93.2 Å². The summed E-state index contributed by atoms with van der Waals surface area (Å²) >= 11 is 2.56. The molecule has 0 aliphatic heterocycles. The van der Waals surface area contributed by atoms with Crippen molar-refractivity contribution in [3.8, 4) is 0 Å². The minimum atomic E-state index is -5.12. The first-order valence-electron chi connectivity index (χ1n) is 12.4. The van der Waals surface area contributed by atoms with Crippen molar-refractivity contribution in [2.24, 2.45) is 35.5 Å². The zero-order valence-corrected chi connectivity index (χ0v) is 20.8. The lowest BCUT2D eigenvalue weighted by Crippen LogP contribution is -2.38.